The number of rotatable bonds is 8. The molecule has 0 saturated carbocycles. The summed E-state index contributed by atoms with van der Waals surface area (Å²) in [6.07, 6.45) is 0.901. The molecule has 1 aromatic rings. The predicted molar refractivity (Wildman–Crippen MR) is 80.3 cm³/mol. The van der Waals surface area contributed by atoms with E-state index in [1.165, 1.54) is 0 Å². The smallest absolute Gasteiger partial charge is 0.306 e. The maximum atomic E-state index is 12.0. The van der Waals surface area contributed by atoms with Crippen molar-refractivity contribution in [2.24, 2.45) is 0 Å². The highest BCUT2D eigenvalue weighted by atomic mass is 31.2. The van der Waals surface area contributed by atoms with Gasteiger partial charge in [0.15, 0.2) is 0 Å². The molecule has 0 radical (unpaired) electrons. The Kier molecular flexibility index (Phi) is 6.97. The van der Waals surface area contributed by atoms with Gasteiger partial charge in [-0.05, 0) is 24.8 Å². The highest BCUT2D eigenvalue weighted by molar-refractivity contribution is 7.58. The van der Waals surface area contributed by atoms with Crippen molar-refractivity contribution in [1.82, 2.24) is 0 Å². The van der Waals surface area contributed by atoms with Crippen molar-refractivity contribution < 1.29 is 19.0 Å². The van der Waals surface area contributed by atoms with Crippen LogP contribution in [0.5, 0.6) is 0 Å². The molecular formula is C15H23O4P. The molecule has 1 N–H and O–H groups in total. The molecule has 0 bridgehead atoms. The molecule has 0 saturated heterocycles. The summed E-state index contributed by atoms with van der Waals surface area (Å²) >= 11 is 0. The molecule has 0 aliphatic carbocycles. The Bertz CT molecular complexity index is 458. The molecule has 1 rings (SSSR count). The molecule has 0 aliphatic rings. The number of benzene rings is 1. The van der Waals surface area contributed by atoms with Crippen LogP contribution in [0, 0.1) is 0 Å². The molecule has 1 aromatic carbocycles. The lowest BCUT2D eigenvalue weighted by atomic mass is 9.99. The van der Waals surface area contributed by atoms with Crippen LogP contribution in [0.1, 0.15) is 38.2 Å². The van der Waals surface area contributed by atoms with Crippen LogP contribution >= 0.6 is 7.37 Å². The summed E-state index contributed by atoms with van der Waals surface area (Å²) in [5.41, 5.74) is 1.16. The second-order valence-electron chi connectivity index (χ2n) is 4.95. The van der Waals surface area contributed by atoms with Crippen molar-refractivity contribution in [3.8, 4) is 0 Å². The number of esters is 1. The van der Waals surface area contributed by atoms with Gasteiger partial charge < -0.3 is 9.63 Å². The third-order valence-corrected chi connectivity index (χ3v) is 5.13. The highest BCUT2D eigenvalue weighted by Crippen LogP contribution is 2.43. The van der Waals surface area contributed by atoms with Crippen LogP contribution in [-0.4, -0.2) is 29.8 Å². The molecule has 0 aromatic heterocycles. The van der Waals surface area contributed by atoms with Gasteiger partial charge >= 0.3 is 5.97 Å². The summed E-state index contributed by atoms with van der Waals surface area (Å²) in [6.45, 7) is 4.07. The van der Waals surface area contributed by atoms with Gasteiger partial charge in [-0.25, -0.2) is 0 Å². The Morgan fingerprint density at radius 3 is 2.55 bits per heavy atom. The highest BCUT2D eigenvalue weighted by Gasteiger charge is 2.21. The van der Waals surface area contributed by atoms with E-state index in [0.717, 1.165) is 5.56 Å². The monoisotopic (exact) mass is 298 g/mol. The average Bonchev–Trinajstić information content (AvgIpc) is 2.44. The predicted octanol–water partition coefficient (Wildman–Crippen LogP) is 3.40. The fourth-order valence-corrected chi connectivity index (χ4v) is 3.50. The average molecular weight is 298 g/mol. The minimum absolute atomic E-state index is 0.00728. The van der Waals surface area contributed by atoms with Crippen LogP contribution in [0.15, 0.2) is 30.3 Å². The van der Waals surface area contributed by atoms with Crippen molar-refractivity contribution in [2.75, 3.05) is 18.9 Å². The first-order valence-corrected chi connectivity index (χ1v) is 8.99. The van der Waals surface area contributed by atoms with Crippen molar-refractivity contribution in [3.63, 3.8) is 0 Å². The molecule has 20 heavy (non-hydrogen) atoms. The van der Waals surface area contributed by atoms with E-state index < -0.39 is 13.3 Å². The van der Waals surface area contributed by atoms with Gasteiger partial charge in [0.05, 0.1) is 13.0 Å². The maximum absolute atomic E-state index is 12.0. The summed E-state index contributed by atoms with van der Waals surface area (Å²) < 4.78 is 16.8. The first-order chi connectivity index (χ1) is 9.44. The summed E-state index contributed by atoms with van der Waals surface area (Å²) in [7, 11) is -3.25. The van der Waals surface area contributed by atoms with Crippen LogP contribution in [0.3, 0.4) is 0 Å². The largest absolute Gasteiger partial charge is 0.466 e. The Morgan fingerprint density at radius 1 is 1.30 bits per heavy atom. The lowest BCUT2D eigenvalue weighted by Gasteiger charge is -2.15. The fraction of sp³-hybridized carbons (Fsp3) is 0.533. The first kappa shape index (κ1) is 16.9. The van der Waals surface area contributed by atoms with Gasteiger partial charge in [0.1, 0.15) is 0 Å². The van der Waals surface area contributed by atoms with Crippen LogP contribution in [0.4, 0.5) is 0 Å². The molecule has 4 nitrogen and oxygen atoms in total. The Labute approximate surface area is 120 Å². The number of hydrogen-bond acceptors (Lipinski definition) is 3. The number of carbonyl (C=O) groups is 1. The number of hydrogen-bond donors (Lipinski definition) is 1. The molecule has 0 spiro atoms. The molecule has 0 aliphatic heterocycles. The Balaban J connectivity index is 2.39. The van der Waals surface area contributed by atoms with E-state index >= 15 is 0 Å². The van der Waals surface area contributed by atoms with E-state index in [2.05, 4.69) is 0 Å². The Morgan fingerprint density at radius 2 is 1.95 bits per heavy atom. The SMILES string of the molecule is CCOC(=O)CCP(=O)(O)CCC(C)c1ccccc1. The molecule has 112 valence electrons. The molecule has 2 unspecified atom stereocenters. The lowest BCUT2D eigenvalue weighted by molar-refractivity contribution is -0.142. The van der Waals surface area contributed by atoms with Crippen molar-refractivity contribution in [3.05, 3.63) is 35.9 Å². The standard InChI is InChI=1S/C15H23O4P/c1-3-19-15(16)10-12-20(17,18)11-9-13(2)14-7-5-4-6-8-14/h4-8,13H,3,9-12H2,1-2H3,(H,17,18). The van der Waals surface area contributed by atoms with Gasteiger partial charge in [-0.2, -0.15) is 0 Å². The summed E-state index contributed by atoms with van der Waals surface area (Å²) in [4.78, 5) is 21.1. The number of ether oxygens (including phenoxy) is 1. The van der Waals surface area contributed by atoms with E-state index in [4.69, 9.17) is 4.74 Å². The minimum atomic E-state index is -3.25. The topological polar surface area (TPSA) is 63.6 Å². The van der Waals surface area contributed by atoms with E-state index in [1.807, 2.05) is 37.3 Å². The molecule has 2 atom stereocenters. The quantitative estimate of drug-likeness (QED) is 0.590. The molecule has 0 amide bonds. The minimum Gasteiger partial charge on any atom is -0.466 e. The van der Waals surface area contributed by atoms with Crippen LogP contribution in [0.2, 0.25) is 0 Å². The first-order valence-electron chi connectivity index (χ1n) is 6.96. The second-order valence-corrected chi connectivity index (χ2v) is 7.54. The zero-order valence-corrected chi connectivity index (χ0v) is 13.0. The van der Waals surface area contributed by atoms with Crippen LogP contribution < -0.4 is 0 Å². The third kappa shape index (κ3) is 6.36. The van der Waals surface area contributed by atoms with Gasteiger partial charge in [0.2, 0.25) is 7.37 Å². The van der Waals surface area contributed by atoms with Gasteiger partial charge in [0.25, 0.3) is 0 Å². The molecular weight excluding hydrogens is 275 g/mol. The van der Waals surface area contributed by atoms with Gasteiger partial charge in [-0.15, -0.1) is 0 Å². The number of carbonyl (C=O) groups excluding carboxylic acids is 1. The van der Waals surface area contributed by atoms with Crippen molar-refractivity contribution in [1.29, 1.82) is 0 Å². The van der Waals surface area contributed by atoms with Gasteiger partial charge in [-0.3, -0.25) is 9.36 Å². The summed E-state index contributed by atoms with van der Waals surface area (Å²) in [6, 6.07) is 9.92. The van der Waals surface area contributed by atoms with Gasteiger partial charge in [0, 0.05) is 12.3 Å². The fourth-order valence-electron chi connectivity index (χ4n) is 1.95. The van der Waals surface area contributed by atoms with Crippen molar-refractivity contribution in [2.45, 2.75) is 32.6 Å². The van der Waals surface area contributed by atoms with E-state index in [1.54, 1.807) is 6.92 Å². The maximum Gasteiger partial charge on any atom is 0.306 e. The third-order valence-electron chi connectivity index (χ3n) is 3.25. The summed E-state index contributed by atoms with van der Waals surface area (Å²) in [5, 5.41) is 0. The second kappa shape index (κ2) is 8.23. The van der Waals surface area contributed by atoms with Crippen LogP contribution in [0.25, 0.3) is 0 Å². The van der Waals surface area contributed by atoms with E-state index in [9.17, 15) is 14.3 Å². The molecule has 5 heteroatoms. The zero-order chi connectivity index (χ0) is 15.0. The lowest BCUT2D eigenvalue weighted by Crippen LogP contribution is -2.08. The normalized spacial score (nSPS) is 15.3. The summed E-state index contributed by atoms with van der Waals surface area (Å²) in [5.74, 6) is -0.169. The molecule has 0 fully saturated rings. The Hall–Kier alpha value is -1.12. The van der Waals surface area contributed by atoms with Crippen LogP contribution in [-0.2, 0) is 14.1 Å². The van der Waals surface area contributed by atoms with E-state index in [-0.39, 0.29) is 24.7 Å². The van der Waals surface area contributed by atoms with Gasteiger partial charge in [-0.1, -0.05) is 37.3 Å². The molecule has 0 heterocycles. The zero-order valence-electron chi connectivity index (χ0n) is 12.1. The van der Waals surface area contributed by atoms with E-state index in [0.29, 0.717) is 13.0 Å². The van der Waals surface area contributed by atoms with Crippen molar-refractivity contribution >= 4 is 13.3 Å².